The molecule has 274 valence electrons. The Bertz CT molecular complexity index is 1660. The number of urea groups is 1. The van der Waals surface area contributed by atoms with E-state index in [-0.39, 0.29) is 30.3 Å². The van der Waals surface area contributed by atoms with E-state index in [1.165, 1.54) is 5.57 Å². The van der Waals surface area contributed by atoms with E-state index >= 15 is 0 Å². The van der Waals surface area contributed by atoms with Crippen LogP contribution in [-0.4, -0.2) is 72.5 Å². The zero-order valence-corrected chi connectivity index (χ0v) is 31.0. The van der Waals surface area contributed by atoms with Gasteiger partial charge in [-0.1, -0.05) is 61.0 Å². The fourth-order valence-corrected chi connectivity index (χ4v) is 8.16. The summed E-state index contributed by atoms with van der Waals surface area (Å²) in [4.78, 5) is 30.1. The van der Waals surface area contributed by atoms with Crippen LogP contribution in [0.4, 0.5) is 4.79 Å². The van der Waals surface area contributed by atoms with Crippen molar-refractivity contribution < 1.29 is 29.3 Å². The summed E-state index contributed by atoms with van der Waals surface area (Å²) in [6.07, 6.45) is 6.74. The van der Waals surface area contributed by atoms with Crippen LogP contribution in [0.1, 0.15) is 110 Å². The molecule has 8 nitrogen and oxygen atoms in total. The molecule has 0 saturated heterocycles. The van der Waals surface area contributed by atoms with Crippen LogP contribution in [0.3, 0.4) is 0 Å². The number of rotatable bonds is 11. The first-order valence-electron chi connectivity index (χ1n) is 18.4. The third kappa shape index (κ3) is 8.91. The predicted octanol–water partition coefficient (Wildman–Crippen LogP) is 7.77. The van der Waals surface area contributed by atoms with Crippen molar-refractivity contribution in [3.63, 3.8) is 0 Å². The molecule has 0 heterocycles. The van der Waals surface area contributed by atoms with Gasteiger partial charge < -0.3 is 29.9 Å². The van der Waals surface area contributed by atoms with Crippen molar-refractivity contribution in [2.75, 3.05) is 33.9 Å². The van der Waals surface area contributed by atoms with Crippen molar-refractivity contribution in [1.82, 2.24) is 10.2 Å². The first-order valence-corrected chi connectivity index (χ1v) is 18.4. The quantitative estimate of drug-likeness (QED) is 0.107. The summed E-state index contributed by atoms with van der Waals surface area (Å²) in [5.41, 5.74) is 3.28. The lowest BCUT2D eigenvalue weighted by Gasteiger charge is -2.46. The third-order valence-electron chi connectivity index (χ3n) is 11.4. The highest BCUT2D eigenvalue weighted by Crippen LogP contribution is 2.59. The monoisotopic (exact) mass is 696 g/mol. The predicted molar refractivity (Wildman–Crippen MR) is 201 cm³/mol. The van der Waals surface area contributed by atoms with Crippen molar-refractivity contribution in [2.24, 2.45) is 5.41 Å². The summed E-state index contributed by atoms with van der Waals surface area (Å²) in [7, 11) is 3.25. The van der Waals surface area contributed by atoms with Crippen molar-refractivity contribution in [2.45, 2.75) is 95.8 Å². The second kappa shape index (κ2) is 17.0. The molecule has 51 heavy (non-hydrogen) atoms. The average Bonchev–Trinajstić information content (AvgIpc) is 3.38. The van der Waals surface area contributed by atoms with Gasteiger partial charge in [0, 0.05) is 36.8 Å². The second-order valence-electron chi connectivity index (χ2n) is 14.9. The zero-order chi connectivity index (χ0) is 36.6. The molecular formula is C43H56N2O6. The minimum atomic E-state index is -1.23. The number of methoxy groups -OCH3 is 2. The fraction of sp³-hybridized carbons (Fsp3) is 0.488. The van der Waals surface area contributed by atoms with E-state index in [1.54, 1.807) is 43.4 Å². The molecule has 3 N–H and O–H groups in total. The van der Waals surface area contributed by atoms with E-state index in [2.05, 4.69) is 25.2 Å². The molecule has 0 aromatic heterocycles. The van der Waals surface area contributed by atoms with Gasteiger partial charge in [0.2, 0.25) is 0 Å². The molecule has 5 unspecified atom stereocenters. The maximum absolute atomic E-state index is 14.4. The Balaban J connectivity index is 1.54. The van der Waals surface area contributed by atoms with Gasteiger partial charge in [-0.25, -0.2) is 4.79 Å². The van der Waals surface area contributed by atoms with E-state index in [1.807, 2.05) is 55.5 Å². The van der Waals surface area contributed by atoms with Gasteiger partial charge in [0.25, 0.3) is 0 Å². The Labute approximate surface area is 303 Å². The number of nitrogens with one attached hydrogen (secondary N) is 1. The topological polar surface area (TPSA) is 108 Å². The molecule has 8 heteroatoms. The van der Waals surface area contributed by atoms with Gasteiger partial charge in [-0.05, 0) is 118 Å². The van der Waals surface area contributed by atoms with Gasteiger partial charge in [0.05, 0.1) is 31.4 Å². The van der Waals surface area contributed by atoms with E-state index in [0.717, 1.165) is 29.5 Å². The normalized spacial score (nSPS) is 24.2. The number of carbonyl (C=O) groups excluding carboxylic acids is 2. The summed E-state index contributed by atoms with van der Waals surface area (Å²) in [6, 6.07) is 22.6. The number of hydrogen-bond donors (Lipinski definition) is 3. The minimum absolute atomic E-state index is 0.0971. The lowest BCUT2D eigenvalue weighted by atomic mass is 9.64. The largest absolute Gasteiger partial charge is 0.497 e. The first kappa shape index (κ1) is 38.3. The molecule has 0 radical (unpaired) electrons. The van der Waals surface area contributed by atoms with Gasteiger partial charge in [-0.15, -0.1) is 0 Å². The fourth-order valence-electron chi connectivity index (χ4n) is 8.16. The highest BCUT2D eigenvalue weighted by Gasteiger charge is 2.57. The molecule has 3 aromatic carbocycles. The van der Waals surface area contributed by atoms with E-state index in [0.29, 0.717) is 68.6 Å². The standard InChI is InChI=1S/C43H56N2O6/c1-30-11-9-23-42(3)39(22-24-43(42,49)29-45(25-10-26-50-4)41(48)44-31(2)33-12-7-6-8-13-33)37-21-15-32(27-35(46)18-14-30)28-38(37)40(47)34-16-19-36(51-5)20-17-34/h6-8,11-13,15-17,19-21,28,31,35,39,46,49H,9-10,14,18,22-27,29H2,1-5H3,(H,44,48). The number of amides is 2. The van der Waals surface area contributed by atoms with Crippen LogP contribution in [0, 0.1) is 5.41 Å². The molecular weight excluding hydrogens is 640 g/mol. The molecule has 2 amide bonds. The maximum Gasteiger partial charge on any atom is 0.317 e. The number of ketones is 1. The Morgan fingerprint density at radius 2 is 1.76 bits per heavy atom. The Kier molecular flexibility index (Phi) is 12.8. The van der Waals surface area contributed by atoms with Gasteiger partial charge in [-0.3, -0.25) is 4.79 Å². The molecule has 0 aliphatic heterocycles. The maximum atomic E-state index is 14.4. The van der Waals surface area contributed by atoms with E-state index < -0.39 is 17.1 Å². The number of allylic oxidation sites excluding steroid dienone is 2. The van der Waals surface area contributed by atoms with Gasteiger partial charge in [0.15, 0.2) is 5.78 Å². The number of fused-ring (bicyclic) bond motifs is 8. The first-order chi connectivity index (χ1) is 24.5. The smallest absolute Gasteiger partial charge is 0.317 e. The number of carbonyl (C=O) groups is 2. The number of aliphatic hydroxyl groups excluding tert-OH is 1. The number of nitrogens with zero attached hydrogens (tertiary/aromatic N) is 1. The molecule has 3 aliphatic carbocycles. The highest BCUT2D eigenvalue weighted by atomic mass is 16.5. The summed E-state index contributed by atoms with van der Waals surface area (Å²) in [6.45, 7) is 7.31. The van der Waals surface area contributed by atoms with Crippen molar-refractivity contribution >= 4 is 11.8 Å². The number of ether oxygens (including phenoxy) is 2. The number of hydrogen-bond acceptors (Lipinski definition) is 6. The third-order valence-corrected chi connectivity index (χ3v) is 11.4. The van der Waals surface area contributed by atoms with Gasteiger partial charge in [-0.2, -0.15) is 0 Å². The van der Waals surface area contributed by atoms with Crippen molar-refractivity contribution in [3.8, 4) is 5.75 Å². The average molecular weight is 697 g/mol. The van der Waals surface area contributed by atoms with E-state index in [9.17, 15) is 19.8 Å². The van der Waals surface area contributed by atoms with Gasteiger partial charge >= 0.3 is 6.03 Å². The van der Waals surface area contributed by atoms with Gasteiger partial charge in [0.1, 0.15) is 5.75 Å². The summed E-state index contributed by atoms with van der Waals surface area (Å²) < 4.78 is 10.7. The minimum Gasteiger partial charge on any atom is -0.497 e. The van der Waals surface area contributed by atoms with Crippen LogP contribution in [0.5, 0.6) is 5.75 Å². The molecule has 2 bridgehead atoms. The number of aliphatic hydroxyl groups is 2. The van der Waals surface area contributed by atoms with Crippen LogP contribution in [0.25, 0.3) is 0 Å². The Morgan fingerprint density at radius 3 is 2.47 bits per heavy atom. The second-order valence-corrected chi connectivity index (χ2v) is 14.9. The molecule has 0 spiro atoms. The number of benzene rings is 3. The summed E-state index contributed by atoms with van der Waals surface area (Å²) in [5.74, 6) is 0.426. The summed E-state index contributed by atoms with van der Waals surface area (Å²) in [5, 5.41) is 27.1. The summed E-state index contributed by atoms with van der Waals surface area (Å²) >= 11 is 0. The lowest BCUT2D eigenvalue weighted by molar-refractivity contribution is -0.0775. The molecule has 6 rings (SSSR count). The SMILES string of the molecule is COCCCN(CC1(O)CCC2c3ccc(cc3C(=O)c3ccc(OC)cc3)CC(O)CCC(C)=CCCC21C)C(=O)NC(C)c1ccccc1. The molecule has 1 fully saturated rings. The molecule has 3 aliphatic rings. The van der Waals surface area contributed by atoms with Crippen LogP contribution < -0.4 is 10.1 Å². The Hall–Kier alpha value is -3.98. The van der Waals surface area contributed by atoms with Crippen LogP contribution in [0.2, 0.25) is 0 Å². The van der Waals surface area contributed by atoms with E-state index in [4.69, 9.17) is 9.47 Å². The molecule has 3 aromatic rings. The lowest BCUT2D eigenvalue weighted by Crippen LogP contribution is -2.55. The molecule has 1 saturated carbocycles. The van der Waals surface area contributed by atoms with Crippen LogP contribution in [-0.2, 0) is 11.2 Å². The molecule has 5 atom stereocenters. The van der Waals surface area contributed by atoms with Crippen LogP contribution in [0.15, 0.2) is 84.4 Å². The van der Waals surface area contributed by atoms with Crippen molar-refractivity contribution in [1.29, 1.82) is 0 Å². The zero-order valence-electron chi connectivity index (χ0n) is 31.0. The van der Waals surface area contributed by atoms with Crippen LogP contribution >= 0.6 is 0 Å². The highest BCUT2D eigenvalue weighted by molar-refractivity contribution is 6.10. The van der Waals surface area contributed by atoms with Crippen molar-refractivity contribution in [3.05, 3.63) is 112 Å². The Morgan fingerprint density at radius 1 is 1.02 bits per heavy atom.